The lowest BCUT2D eigenvalue weighted by molar-refractivity contribution is 0.0747. The largest absolute Gasteiger partial charge is 0.372 e. The zero-order valence-corrected chi connectivity index (χ0v) is 12.3. The van der Waals surface area contributed by atoms with Crippen molar-refractivity contribution in [3.63, 3.8) is 0 Å². The molecule has 1 unspecified atom stereocenters. The molecule has 0 aliphatic heterocycles. The first kappa shape index (κ1) is 13.3. The van der Waals surface area contributed by atoms with Crippen LogP contribution in [0.1, 0.15) is 25.6 Å². The first-order valence-electron chi connectivity index (χ1n) is 6.80. The standard InChI is InChI=1S/C17H16ClNO/c1-3-20-11(2)17-14-7-5-4-6-13(14)15-10-12(18)8-9-16(15)19-17/h4-11H,3H2,1-2H3. The summed E-state index contributed by atoms with van der Waals surface area (Å²) in [6.45, 7) is 4.72. The second-order valence-electron chi connectivity index (χ2n) is 4.80. The molecule has 3 heteroatoms. The Balaban J connectivity index is 2.36. The van der Waals surface area contributed by atoms with Gasteiger partial charge in [-0.15, -0.1) is 0 Å². The van der Waals surface area contributed by atoms with Crippen LogP contribution in [0.3, 0.4) is 0 Å². The van der Waals surface area contributed by atoms with E-state index in [1.165, 1.54) is 5.39 Å². The van der Waals surface area contributed by atoms with Gasteiger partial charge in [0, 0.05) is 22.4 Å². The molecule has 0 saturated carbocycles. The lowest BCUT2D eigenvalue weighted by Gasteiger charge is -2.15. The van der Waals surface area contributed by atoms with Gasteiger partial charge in [0.2, 0.25) is 0 Å². The van der Waals surface area contributed by atoms with Gasteiger partial charge in [-0.1, -0.05) is 35.9 Å². The normalized spacial score (nSPS) is 12.9. The van der Waals surface area contributed by atoms with Crippen LogP contribution in [0.5, 0.6) is 0 Å². The van der Waals surface area contributed by atoms with Crippen molar-refractivity contribution in [2.45, 2.75) is 20.0 Å². The maximum Gasteiger partial charge on any atom is 0.0972 e. The third-order valence-electron chi connectivity index (χ3n) is 3.49. The number of hydrogen-bond acceptors (Lipinski definition) is 2. The Kier molecular flexibility index (Phi) is 3.60. The topological polar surface area (TPSA) is 22.1 Å². The molecule has 1 aromatic heterocycles. The molecule has 1 heterocycles. The molecular formula is C17H16ClNO. The van der Waals surface area contributed by atoms with Crippen molar-refractivity contribution in [2.75, 3.05) is 6.61 Å². The predicted molar refractivity (Wildman–Crippen MR) is 84.3 cm³/mol. The molecule has 0 saturated heterocycles. The Labute approximate surface area is 123 Å². The van der Waals surface area contributed by atoms with Crippen LogP contribution < -0.4 is 0 Å². The summed E-state index contributed by atoms with van der Waals surface area (Å²) >= 11 is 6.12. The summed E-state index contributed by atoms with van der Waals surface area (Å²) in [5, 5.41) is 4.11. The molecule has 0 fully saturated rings. The highest BCUT2D eigenvalue weighted by atomic mass is 35.5. The molecule has 0 amide bonds. The minimum Gasteiger partial charge on any atom is -0.372 e. The van der Waals surface area contributed by atoms with Crippen LogP contribution in [0, 0.1) is 0 Å². The molecule has 0 N–H and O–H groups in total. The summed E-state index contributed by atoms with van der Waals surface area (Å²) in [6.07, 6.45) is -0.0232. The van der Waals surface area contributed by atoms with E-state index in [1.54, 1.807) is 0 Å². The molecule has 3 rings (SSSR count). The molecule has 0 bridgehead atoms. The van der Waals surface area contributed by atoms with Gasteiger partial charge < -0.3 is 4.74 Å². The Morgan fingerprint density at radius 1 is 1.10 bits per heavy atom. The van der Waals surface area contributed by atoms with Gasteiger partial charge in [0.05, 0.1) is 17.3 Å². The summed E-state index contributed by atoms with van der Waals surface area (Å²) in [5.74, 6) is 0. The van der Waals surface area contributed by atoms with E-state index in [0.29, 0.717) is 6.61 Å². The van der Waals surface area contributed by atoms with Crippen LogP contribution in [-0.2, 0) is 4.74 Å². The zero-order valence-electron chi connectivity index (χ0n) is 11.6. The number of fused-ring (bicyclic) bond motifs is 3. The van der Waals surface area contributed by atoms with Gasteiger partial charge in [-0.25, -0.2) is 4.98 Å². The summed E-state index contributed by atoms with van der Waals surface area (Å²) in [5.41, 5.74) is 1.94. The fourth-order valence-corrected chi connectivity index (χ4v) is 2.76. The van der Waals surface area contributed by atoms with Crippen molar-refractivity contribution in [3.8, 4) is 0 Å². The molecule has 2 aromatic carbocycles. The Morgan fingerprint density at radius 2 is 1.85 bits per heavy atom. The van der Waals surface area contributed by atoms with E-state index in [9.17, 15) is 0 Å². The molecule has 0 aliphatic carbocycles. The smallest absolute Gasteiger partial charge is 0.0972 e. The van der Waals surface area contributed by atoms with E-state index in [2.05, 4.69) is 12.1 Å². The number of hydrogen-bond donors (Lipinski definition) is 0. The van der Waals surface area contributed by atoms with Crippen LogP contribution in [0.15, 0.2) is 42.5 Å². The molecule has 3 aromatic rings. The molecule has 102 valence electrons. The van der Waals surface area contributed by atoms with E-state index < -0.39 is 0 Å². The third kappa shape index (κ3) is 2.26. The maximum absolute atomic E-state index is 6.12. The minimum absolute atomic E-state index is 0.0232. The molecule has 0 spiro atoms. The quantitative estimate of drug-likeness (QED) is 0.622. The molecule has 0 aliphatic rings. The lowest BCUT2D eigenvalue weighted by Crippen LogP contribution is -2.03. The predicted octanol–water partition coefficient (Wildman–Crippen LogP) is 5.14. The number of aromatic nitrogens is 1. The van der Waals surface area contributed by atoms with Crippen molar-refractivity contribution in [2.24, 2.45) is 0 Å². The Hall–Kier alpha value is -1.64. The number of halogens is 1. The van der Waals surface area contributed by atoms with Gasteiger partial charge in [-0.3, -0.25) is 0 Å². The van der Waals surface area contributed by atoms with Crippen molar-refractivity contribution < 1.29 is 4.74 Å². The fourth-order valence-electron chi connectivity index (χ4n) is 2.59. The molecule has 1 atom stereocenters. The second kappa shape index (κ2) is 5.39. The SMILES string of the molecule is CCOC(C)c1nc2ccc(Cl)cc2c2ccccc12. The van der Waals surface area contributed by atoms with E-state index in [-0.39, 0.29) is 6.10 Å². The van der Waals surface area contributed by atoms with Gasteiger partial charge in [0.1, 0.15) is 0 Å². The first-order valence-corrected chi connectivity index (χ1v) is 7.18. The third-order valence-corrected chi connectivity index (χ3v) is 3.73. The number of nitrogens with zero attached hydrogens (tertiary/aromatic N) is 1. The number of pyridine rings is 1. The van der Waals surface area contributed by atoms with Gasteiger partial charge in [0.15, 0.2) is 0 Å². The van der Waals surface area contributed by atoms with Gasteiger partial charge in [-0.05, 0) is 37.4 Å². The van der Waals surface area contributed by atoms with E-state index >= 15 is 0 Å². The summed E-state index contributed by atoms with van der Waals surface area (Å²) in [4.78, 5) is 4.78. The average Bonchev–Trinajstić information content (AvgIpc) is 2.47. The van der Waals surface area contributed by atoms with Crippen molar-refractivity contribution in [3.05, 3.63) is 53.2 Å². The summed E-state index contributed by atoms with van der Waals surface area (Å²) < 4.78 is 5.72. The first-order chi connectivity index (χ1) is 9.70. The second-order valence-corrected chi connectivity index (χ2v) is 5.24. The number of rotatable bonds is 3. The number of ether oxygens (including phenoxy) is 1. The van der Waals surface area contributed by atoms with Crippen LogP contribution in [0.25, 0.3) is 21.7 Å². The van der Waals surface area contributed by atoms with Crippen molar-refractivity contribution in [1.29, 1.82) is 0 Å². The van der Waals surface area contributed by atoms with E-state index in [0.717, 1.165) is 27.0 Å². The summed E-state index contributed by atoms with van der Waals surface area (Å²) in [6, 6.07) is 14.1. The maximum atomic E-state index is 6.12. The highest BCUT2D eigenvalue weighted by Crippen LogP contribution is 2.31. The number of benzene rings is 2. The van der Waals surface area contributed by atoms with Gasteiger partial charge in [0.25, 0.3) is 0 Å². The van der Waals surface area contributed by atoms with Gasteiger partial charge >= 0.3 is 0 Å². The van der Waals surface area contributed by atoms with Gasteiger partial charge in [-0.2, -0.15) is 0 Å². The fraction of sp³-hybridized carbons (Fsp3) is 0.235. The van der Waals surface area contributed by atoms with Crippen molar-refractivity contribution in [1.82, 2.24) is 4.98 Å². The molecular weight excluding hydrogens is 270 g/mol. The van der Waals surface area contributed by atoms with Crippen LogP contribution in [0.2, 0.25) is 5.02 Å². The highest BCUT2D eigenvalue weighted by Gasteiger charge is 2.14. The van der Waals surface area contributed by atoms with Crippen LogP contribution in [-0.4, -0.2) is 11.6 Å². The van der Waals surface area contributed by atoms with Crippen LogP contribution >= 0.6 is 11.6 Å². The Bertz CT molecular complexity index is 769. The average molecular weight is 286 g/mol. The Morgan fingerprint density at radius 3 is 2.60 bits per heavy atom. The van der Waals surface area contributed by atoms with Crippen molar-refractivity contribution >= 4 is 33.3 Å². The minimum atomic E-state index is -0.0232. The highest BCUT2D eigenvalue weighted by molar-refractivity contribution is 6.31. The monoisotopic (exact) mass is 285 g/mol. The summed E-state index contributed by atoms with van der Waals surface area (Å²) in [7, 11) is 0. The molecule has 20 heavy (non-hydrogen) atoms. The van der Waals surface area contributed by atoms with E-state index in [4.69, 9.17) is 21.3 Å². The molecule has 0 radical (unpaired) electrons. The molecule has 2 nitrogen and oxygen atoms in total. The zero-order chi connectivity index (χ0) is 14.1. The van der Waals surface area contributed by atoms with Crippen LogP contribution in [0.4, 0.5) is 0 Å². The van der Waals surface area contributed by atoms with E-state index in [1.807, 2.05) is 44.2 Å². The lowest BCUT2D eigenvalue weighted by atomic mass is 10.0.